The van der Waals surface area contributed by atoms with Crippen molar-refractivity contribution in [3.8, 4) is 0 Å². The van der Waals surface area contributed by atoms with Crippen LogP contribution in [0.1, 0.15) is 32.6 Å². The normalized spacial score (nSPS) is 29.4. The van der Waals surface area contributed by atoms with Crippen molar-refractivity contribution in [1.29, 1.82) is 0 Å². The van der Waals surface area contributed by atoms with Crippen LogP contribution in [-0.2, 0) is 9.53 Å². The van der Waals surface area contributed by atoms with Crippen molar-refractivity contribution in [3.63, 3.8) is 0 Å². The SMILES string of the molecule is C=C[C@@H]1CCC[C@H](OC(C)=O)C1. The third-order valence-electron chi connectivity index (χ3n) is 2.33. The Morgan fingerprint density at radius 1 is 1.58 bits per heavy atom. The van der Waals surface area contributed by atoms with Crippen LogP contribution in [0.15, 0.2) is 12.7 Å². The molecule has 1 aliphatic carbocycles. The zero-order chi connectivity index (χ0) is 8.97. The lowest BCUT2D eigenvalue weighted by Crippen LogP contribution is -2.23. The highest BCUT2D eigenvalue weighted by Crippen LogP contribution is 2.26. The molecule has 1 rings (SSSR count). The van der Waals surface area contributed by atoms with E-state index in [1.54, 1.807) is 0 Å². The molecule has 0 spiro atoms. The molecule has 0 N–H and O–H groups in total. The molecule has 1 fully saturated rings. The van der Waals surface area contributed by atoms with Gasteiger partial charge in [0.2, 0.25) is 0 Å². The maximum atomic E-state index is 10.7. The van der Waals surface area contributed by atoms with E-state index in [0.717, 1.165) is 19.3 Å². The average Bonchev–Trinajstić information content (AvgIpc) is 2.03. The number of esters is 1. The molecule has 1 aliphatic rings. The maximum Gasteiger partial charge on any atom is 0.302 e. The summed E-state index contributed by atoms with van der Waals surface area (Å²) in [5, 5.41) is 0. The molecule has 1 saturated carbocycles. The van der Waals surface area contributed by atoms with Crippen molar-refractivity contribution >= 4 is 5.97 Å². The Bertz CT molecular complexity index is 175. The largest absolute Gasteiger partial charge is 0.463 e. The first-order valence-corrected chi connectivity index (χ1v) is 4.52. The van der Waals surface area contributed by atoms with Crippen LogP contribution in [0.4, 0.5) is 0 Å². The topological polar surface area (TPSA) is 26.3 Å². The predicted octanol–water partition coefficient (Wildman–Crippen LogP) is 2.29. The van der Waals surface area contributed by atoms with Crippen LogP contribution in [0, 0.1) is 5.92 Å². The minimum Gasteiger partial charge on any atom is -0.463 e. The molecule has 0 radical (unpaired) electrons. The second-order valence-electron chi connectivity index (χ2n) is 3.39. The van der Waals surface area contributed by atoms with Gasteiger partial charge in [0.15, 0.2) is 0 Å². The van der Waals surface area contributed by atoms with Crippen molar-refractivity contribution < 1.29 is 9.53 Å². The first-order chi connectivity index (χ1) is 5.72. The molecule has 2 heteroatoms. The standard InChI is InChI=1S/C10H16O2/c1-3-9-5-4-6-10(7-9)12-8(2)11/h3,9-10H,1,4-7H2,2H3/t9-,10+/m1/s1. The highest BCUT2D eigenvalue weighted by molar-refractivity contribution is 5.66. The third kappa shape index (κ3) is 2.68. The highest BCUT2D eigenvalue weighted by atomic mass is 16.5. The lowest BCUT2D eigenvalue weighted by molar-refractivity contribution is -0.148. The summed E-state index contributed by atoms with van der Waals surface area (Å²) in [5.74, 6) is 0.382. The molecule has 0 amide bonds. The van der Waals surface area contributed by atoms with Gasteiger partial charge in [-0.1, -0.05) is 6.08 Å². The fourth-order valence-corrected chi connectivity index (χ4v) is 1.74. The lowest BCUT2D eigenvalue weighted by atomic mass is 9.87. The van der Waals surface area contributed by atoms with Crippen molar-refractivity contribution in [2.24, 2.45) is 5.92 Å². The number of hydrogen-bond donors (Lipinski definition) is 0. The van der Waals surface area contributed by atoms with Crippen molar-refractivity contribution in [1.82, 2.24) is 0 Å². The Morgan fingerprint density at radius 2 is 2.33 bits per heavy atom. The van der Waals surface area contributed by atoms with Crippen LogP contribution >= 0.6 is 0 Å². The highest BCUT2D eigenvalue weighted by Gasteiger charge is 2.21. The molecule has 12 heavy (non-hydrogen) atoms. The van der Waals surface area contributed by atoms with Crippen LogP contribution in [0.2, 0.25) is 0 Å². The molecule has 0 unspecified atom stereocenters. The van der Waals surface area contributed by atoms with Crippen LogP contribution in [0.3, 0.4) is 0 Å². The molecule has 0 aromatic heterocycles. The second kappa shape index (κ2) is 4.29. The van der Waals surface area contributed by atoms with Crippen molar-refractivity contribution in [2.75, 3.05) is 0 Å². The van der Waals surface area contributed by atoms with E-state index in [1.807, 2.05) is 6.08 Å². The van der Waals surface area contributed by atoms with E-state index in [9.17, 15) is 4.79 Å². The van der Waals surface area contributed by atoms with Crippen LogP contribution in [-0.4, -0.2) is 12.1 Å². The molecular weight excluding hydrogens is 152 g/mol. The van der Waals surface area contributed by atoms with E-state index in [-0.39, 0.29) is 12.1 Å². The first kappa shape index (κ1) is 9.30. The molecular formula is C10H16O2. The molecule has 2 atom stereocenters. The molecule has 0 aliphatic heterocycles. The Hall–Kier alpha value is -0.790. The summed E-state index contributed by atoms with van der Waals surface area (Å²) in [5.41, 5.74) is 0. The number of rotatable bonds is 2. The molecule has 0 aromatic carbocycles. The van der Waals surface area contributed by atoms with Crippen LogP contribution in [0.25, 0.3) is 0 Å². The van der Waals surface area contributed by atoms with E-state index in [4.69, 9.17) is 4.74 Å². The monoisotopic (exact) mass is 168 g/mol. The van der Waals surface area contributed by atoms with Gasteiger partial charge >= 0.3 is 5.97 Å². The lowest BCUT2D eigenvalue weighted by Gasteiger charge is -2.26. The van der Waals surface area contributed by atoms with Gasteiger partial charge in [-0.2, -0.15) is 0 Å². The molecule has 0 saturated heterocycles. The Morgan fingerprint density at radius 3 is 2.92 bits per heavy atom. The average molecular weight is 168 g/mol. The van der Waals surface area contributed by atoms with Gasteiger partial charge in [0.25, 0.3) is 0 Å². The van der Waals surface area contributed by atoms with Crippen LogP contribution in [0.5, 0.6) is 0 Å². The van der Waals surface area contributed by atoms with Gasteiger partial charge in [0, 0.05) is 6.92 Å². The number of allylic oxidation sites excluding steroid dienone is 1. The Balaban J connectivity index is 2.35. The van der Waals surface area contributed by atoms with Gasteiger partial charge in [-0.25, -0.2) is 0 Å². The Kier molecular flexibility index (Phi) is 3.32. The quantitative estimate of drug-likeness (QED) is 0.467. The van der Waals surface area contributed by atoms with E-state index in [0.29, 0.717) is 5.92 Å². The number of carbonyl (C=O) groups is 1. The summed E-state index contributed by atoms with van der Waals surface area (Å²) in [6.07, 6.45) is 6.43. The van der Waals surface area contributed by atoms with Gasteiger partial charge in [-0.15, -0.1) is 6.58 Å². The third-order valence-corrected chi connectivity index (χ3v) is 2.33. The molecule has 2 nitrogen and oxygen atoms in total. The predicted molar refractivity (Wildman–Crippen MR) is 47.7 cm³/mol. The van der Waals surface area contributed by atoms with Gasteiger partial charge < -0.3 is 4.74 Å². The molecule has 0 bridgehead atoms. The van der Waals surface area contributed by atoms with E-state index >= 15 is 0 Å². The maximum absolute atomic E-state index is 10.7. The molecule has 0 heterocycles. The number of carbonyl (C=O) groups excluding carboxylic acids is 1. The van der Waals surface area contributed by atoms with Gasteiger partial charge in [0.1, 0.15) is 6.10 Å². The fraction of sp³-hybridized carbons (Fsp3) is 0.700. The van der Waals surface area contributed by atoms with E-state index < -0.39 is 0 Å². The minimum absolute atomic E-state index is 0.138. The zero-order valence-corrected chi connectivity index (χ0v) is 7.58. The summed E-state index contributed by atoms with van der Waals surface area (Å²) >= 11 is 0. The number of ether oxygens (including phenoxy) is 1. The second-order valence-corrected chi connectivity index (χ2v) is 3.39. The summed E-state index contributed by atoms with van der Waals surface area (Å²) in [6.45, 7) is 5.23. The zero-order valence-electron chi connectivity index (χ0n) is 7.58. The minimum atomic E-state index is -0.162. The van der Waals surface area contributed by atoms with Gasteiger partial charge in [0.05, 0.1) is 0 Å². The summed E-state index contributed by atoms with van der Waals surface area (Å²) in [7, 11) is 0. The number of hydrogen-bond acceptors (Lipinski definition) is 2. The van der Waals surface area contributed by atoms with E-state index in [2.05, 4.69) is 6.58 Å². The summed E-state index contributed by atoms with van der Waals surface area (Å²) in [4.78, 5) is 10.7. The van der Waals surface area contributed by atoms with Gasteiger partial charge in [-0.3, -0.25) is 4.79 Å². The summed E-state index contributed by atoms with van der Waals surface area (Å²) in [6, 6.07) is 0. The van der Waals surface area contributed by atoms with Crippen molar-refractivity contribution in [3.05, 3.63) is 12.7 Å². The molecule has 0 aromatic rings. The van der Waals surface area contributed by atoms with Crippen LogP contribution < -0.4 is 0 Å². The van der Waals surface area contributed by atoms with Crippen molar-refractivity contribution in [2.45, 2.75) is 38.7 Å². The summed E-state index contributed by atoms with van der Waals surface area (Å²) < 4.78 is 5.14. The molecule has 68 valence electrons. The fourth-order valence-electron chi connectivity index (χ4n) is 1.74. The Labute approximate surface area is 73.6 Å². The van der Waals surface area contributed by atoms with Gasteiger partial charge in [-0.05, 0) is 31.6 Å². The van der Waals surface area contributed by atoms with E-state index in [1.165, 1.54) is 13.3 Å². The first-order valence-electron chi connectivity index (χ1n) is 4.52. The smallest absolute Gasteiger partial charge is 0.302 e.